The zero-order valence-corrected chi connectivity index (χ0v) is 25.2. The van der Waals surface area contributed by atoms with Gasteiger partial charge in [0.25, 0.3) is 0 Å². The predicted molar refractivity (Wildman–Crippen MR) is 165 cm³/mol. The van der Waals surface area contributed by atoms with E-state index in [9.17, 15) is 10.2 Å². The number of rotatable bonds is 6. The number of nitrogens with one attached hydrogen (secondary N) is 1. The first-order chi connectivity index (χ1) is 21.4. The second kappa shape index (κ2) is 11.8. The van der Waals surface area contributed by atoms with Crippen molar-refractivity contribution < 1.29 is 28.8 Å². The number of pyridine rings is 1. The summed E-state index contributed by atoms with van der Waals surface area (Å²) in [5, 5.41) is 26.6. The lowest BCUT2D eigenvalue weighted by Crippen LogP contribution is -2.49. The summed E-state index contributed by atoms with van der Waals surface area (Å²) >= 11 is 6.59. The van der Waals surface area contributed by atoms with Gasteiger partial charge in [0, 0.05) is 40.5 Å². The molecule has 12 heteroatoms. The Balaban J connectivity index is 1.41. The van der Waals surface area contributed by atoms with Crippen molar-refractivity contribution in [2.45, 2.75) is 44.2 Å². The third-order valence-corrected chi connectivity index (χ3v) is 9.57. The Morgan fingerprint density at radius 2 is 2.05 bits per heavy atom. The van der Waals surface area contributed by atoms with Crippen molar-refractivity contribution in [3.63, 3.8) is 0 Å². The zero-order chi connectivity index (χ0) is 30.4. The second-order valence-electron chi connectivity index (χ2n) is 12.0. The summed E-state index contributed by atoms with van der Waals surface area (Å²) in [5.41, 5.74) is 0.146. The van der Waals surface area contributed by atoms with E-state index in [4.69, 9.17) is 30.8 Å². The van der Waals surface area contributed by atoms with Gasteiger partial charge >= 0.3 is 6.01 Å². The maximum absolute atomic E-state index is 16.9. The molecule has 2 aliphatic heterocycles. The van der Waals surface area contributed by atoms with Crippen LogP contribution < -0.4 is 19.7 Å². The average Bonchev–Trinajstić information content (AvgIpc) is 3.33. The van der Waals surface area contributed by atoms with Gasteiger partial charge in [0.15, 0.2) is 5.82 Å². The van der Waals surface area contributed by atoms with Gasteiger partial charge in [0.05, 0.1) is 33.0 Å². The fourth-order valence-corrected chi connectivity index (χ4v) is 7.47. The molecule has 1 saturated carbocycles. The molecule has 2 aromatic carbocycles. The third-order valence-electron chi connectivity index (χ3n) is 9.26. The summed E-state index contributed by atoms with van der Waals surface area (Å²) in [6.07, 6.45) is 4.60. The van der Waals surface area contributed by atoms with Gasteiger partial charge in [0.2, 0.25) is 5.88 Å². The summed E-state index contributed by atoms with van der Waals surface area (Å²) in [6.45, 7) is 2.54. The van der Waals surface area contributed by atoms with E-state index in [1.165, 1.54) is 13.2 Å². The van der Waals surface area contributed by atoms with Crippen molar-refractivity contribution >= 4 is 39.1 Å². The zero-order valence-electron chi connectivity index (χ0n) is 24.5. The molecule has 44 heavy (non-hydrogen) atoms. The van der Waals surface area contributed by atoms with E-state index in [-0.39, 0.29) is 52.8 Å². The Morgan fingerprint density at radius 3 is 2.91 bits per heavy atom. The van der Waals surface area contributed by atoms with Crippen molar-refractivity contribution in [2.75, 3.05) is 51.5 Å². The highest BCUT2D eigenvalue weighted by Crippen LogP contribution is 2.45. The van der Waals surface area contributed by atoms with E-state index >= 15 is 4.39 Å². The molecular formula is C32H35ClFN5O5. The van der Waals surface area contributed by atoms with Crippen LogP contribution in [0.2, 0.25) is 5.02 Å². The summed E-state index contributed by atoms with van der Waals surface area (Å²) in [6, 6.07) is 8.65. The first-order valence-corrected chi connectivity index (χ1v) is 15.5. The van der Waals surface area contributed by atoms with Crippen molar-refractivity contribution in [2.24, 2.45) is 5.41 Å². The quantitative estimate of drug-likeness (QED) is 0.275. The number of halogens is 2. The lowest BCUT2D eigenvalue weighted by atomic mass is 9.76. The molecule has 0 radical (unpaired) electrons. The monoisotopic (exact) mass is 623 g/mol. The molecule has 0 amide bonds. The van der Waals surface area contributed by atoms with Gasteiger partial charge in [-0.2, -0.15) is 9.97 Å². The van der Waals surface area contributed by atoms with Crippen LogP contribution in [-0.2, 0) is 4.74 Å². The number of benzene rings is 2. The molecule has 3 aliphatic rings. The molecule has 3 fully saturated rings. The number of fused-ring (bicyclic) bond motifs is 3. The number of aromatic nitrogens is 3. The number of nitrogens with zero attached hydrogens (tertiary/aromatic N) is 4. The van der Waals surface area contributed by atoms with E-state index in [2.05, 4.69) is 15.3 Å². The standard InChI is InChI=1S/C32H35ClFN5O5/c1-42-30-25-28(26(34)27(36-30)21-14-19(40)13-18-5-2-6-22(33)24(18)21)37-31(38-29(25)39-11-12-43-16-20(41)15-39)44-17-32-8-3-7-23(32)35-10-4-9-32/h2,5-6,13-14,20,23,35,40-41H,3-4,7-12,15-17H2,1H3. The number of phenolic OH excluding ortho intramolecular Hbond substituents is 1. The third kappa shape index (κ3) is 5.15. The summed E-state index contributed by atoms with van der Waals surface area (Å²) in [5.74, 6) is -0.367. The van der Waals surface area contributed by atoms with Crippen molar-refractivity contribution in [3.05, 3.63) is 41.2 Å². The van der Waals surface area contributed by atoms with Crippen LogP contribution in [0.15, 0.2) is 30.3 Å². The minimum absolute atomic E-state index is 0.0275. The molecular weight excluding hydrogens is 589 g/mol. The van der Waals surface area contributed by atoms with Gasteiger partial charge < -0.3 is 34.6 Å². The van der Waals surface area contributed by atoms with E-state index in [1.807, 2.05) is 4.90 Å². The highest BCUT2D eigenvalue weighted by Gasteiger charge is 2.45. The molecule has 232 valence electrons. The normalized spacial score (nSPS) is 24.0. The molecule has 7 rings (SSSR count). The molecule has 10 nitrogen and oxygen atoms in total. The smallest absolute Gasteiger partial charge is 0.319 e. The molecule has 1 aliphatic carbocycles. The van der Waals surface area contributed by atoms with Crippen molar-refractivity contribution in [3.8, 4) is 28.9 Å². The van der Waals surface area contributed by atoms with Crippen molar-refractivity contribution in [1.29, 1.82) is 0 Å². The Morgan fingerprint density at radius 1 is 1.18 bits per heavy atom. The molecule has 0 bridgehead atoms. The molecule has 4 aromatic rings. The minimum Gasteiger partial charge on any atom is -0.508 e. The van der Waals surface area contributed by atoms with Crippen molar-refractivity contribution in [1.82, 2.24) is 20.3 Å². The highest BCUT2D eigenvalue weighted by atomic mass is 35.5. The number of aliphatic hydroxyl groups excluding tert-OH is 1. The SMILES string of the molecule is COc1nc(-c2cc(O)cc3cccc(Cl)c23)c(F)c2nc(OCC34CCCNC3CCC4)nc(N3CCOCC(O)C3)c12. The Kier molecular flexibility index (Phi) is 7.82. The van der Waals surface area contributed by atoms with Gasteiger partial charge in [-0.25, -0.2) is 9.37 Å². The largest absolute Gasteiger partial charge is 0.508 e. The van der Waals surface area contributed by atoms with E-state index in [1.54, 1.807) is 24.3 Å². The molecule has 3 atom stereocenters. The maximum Gasteiger partial charge on any atom is 0.319 e. The van der Waals surface area contributed by atoms with Crippen LogP contribution in [0.4, 0.5) is 10.2 Å². The summed E-state index contributed by atoms with van der Waals surface area (Å²) in [7, 11) is 1.45. The van der Waals surface area contributed by atoms with E-state index in [0.717, 1.165) is 38.6 Å². The molecule has 2 saturated heterocycles. The molecule has 0 spiro atoms. The van der Waals surface area contributed by atoms with Crippen LogP contribution in [0, 0.1) is 11.2 Å². The fourth-order valence-electron chi connectivity index (χ4n) is 7.19. The molecule has 3 unspecified atom stereocenters. The lowest BCUT2D eigenvalue weighted by Gasteiger charge is -2.39. The fraction of sp³-hybridized carbons (Fsp3) is 0.469. The highest BCUT2D eigenvalue weighted by molar-refractivity contribution is 6.36. The number of aliphatic hydroxyl groups is 1. The number of phenols is 1. The van der Waals surface area contributed by atoms with Crippen LogP contribution in [0.3, 0.4) is 0 Å². The summed E-state index contributed by atoms with van der Waals surface area (Å²) < 4.78 is 34.5. The average molecular weight is 624 g/mol. The van der Waals surface area contributed by atoms with Crippen LogP contribution >= 0.6 is 11.6 Å². The van der Waals surface area contributed by atoms with E-state index in [0.29, 0.717) is 53.0 Å². The second-order valence-corrected chi connectivity index (χ2v) is 12.4. The first kappa shape index (κ1) is 29.2. The number of hydrogen-bond donors (Lipinski definition) is 3. The number of hydrogen-bond acceptors (Lipinski definition) is 10. The first-order valence-electron chi connectivity index (χ1n) is 15.1. The number of piperidine rings is 1. The topological polar surface area (TPSA) is 122 Å². The van der Waals surface area contributed by atoms with Crippen LogP contribution in [0.25, 0.3) is 32.9 Å². The van der Waals surface area contributed by atoms with Crippen LogP contribution in [-0.4, -0.2) is 83.9 Å². The Hall–Kier alpha value is -3.51. The van der Waals surface area contributed by atoms with Gasteiger partial charge in [-0.15, -0.1) is 0 Å². The summed E-state index contributed by atoms with van der Waals surface area (Å²) in [4.78, 5) is 15.8. The lowest BCUT2D eigenvalue weighted by molar-refractivity contribution is 0.0597. The number of methoxy groups -OCH3 is 1. The number of aromatic hydroxyl groups is 1. The molecule has 4 heterocycles. The minimum atomic E-state index is -0.776. The van der Waals surface area contributed by atoms with Crippen LogP contribution in [0.1, 0.15) is 32.1 Å². The van der Waals surface area contributed by atoms with E-state index < -0.39 is 11.9 Å². The van der Waals surface area contributed by atoms with Crippen LogP contribution in [0.5, 0.6) is 17.6 Å². The Labute approximate surface area is 259 Å². The van der Waals surface area contributed by atoms with Gasteiger partial charge in [0.1, 0.15) is 28.2 Å². The maximum atomic E-state index is 16.9. The number of ether oxygens (including phenoxy) is 3. The number of β-amino-alcohol motifs (C(OH)–C–C–N with tert-alkyl or cyclic N) is 1. The van der Waals surface area contributed by atoms with Gasteiger partial charge in [-0.3, -0.25) is 0 Å². The Bertz CT molecular complexity index is 1730. The number of anilines is 1. The van der Waals surface area contributed by atoms with Gasteiger partial charge in [-0.1, -0.05) is 30.2 Å². The predicted octanol–water partition coefficient (Wildman–Crippen LogP) is 4.85. The van der Waals surface area contributed by atoms with Gasteiger partial charge in [-0.05, 0) is 55.8 Å². The molecule has 2 aromatic heterocycles. The molecule has 3 N–H and O–H groups in total.